The lowest BCUT2D eigenvalue weighted by Crippen LogP contribution is -2.26. The van der Waals surface area contributed by atoms with Crippen LogP contribution >= 0.6 is 11.6 Å². The molecule has 2 aromatic heterocycles. The number of nitrogens with zero attached hydrogens (tertiary/aromatic N) is 2. The van der Waals surface area contributed by atoms with Crippen molar-refractivity contribution in [3.8, 4) is 33.9 Å². The number of aryl methyl sites for hydroxylation is 1. The summed E-state index contributed by atoms with van der Waals surface area (Å²) in [5.74, 6) is -0.359. The van der Waals surface area contributed by atoms with Crippen molar-refractivity contribution in [1.29, 1.82) is 0 Å². The lowest BCUT2D eigenvalue weighted by Gasteiger charge is -2.09. The van der Waals surface area contributed by atoms with Gasteiger partial charge in [-0.2, -0.15) is 0 Å². The first-order valence-electron chi connectivity index (χ1n) is 7.40. The number of hydrogen-bond acceptors (Lipinski definition) is 4. The van der Waals surface area contributed by atoms with Gasteiger partial charge in [0.25, 0.3) is 5.88 Å². The van der Waals surface area contributed by atoms with Crippen LogP contribution in [0.4, 0.5) is 8.78 Å². The van der Waals surface area contributed by atoms with Gasteiger partial charge in [-0.3, -0.25) is 4.98 Å². The van der Waals surface area contributed by atoms with E-state index in [1.165, 1.54) is 6.20 Å². The van der Waals surface area contributed by atoms with Gasteiger partial charge < -0.3 is 9.47 Å². The molecule has 7 heteroatoms. The Morgan fingerprint density at radius 3 is 2.52 bits per heavy atom. The molecule has 3 aromatic rings. The first-order chi connectivity index (χ1) is 11.9. The van der Waals surface area contributed by atoms with Crippen molar-refractivity contribution in [2.75, 3.05) is 0 Å². The van der Waals surface area contributed by atoms with E-state index in [4.69, 9.17) is 11.6 Å². The number of hydrogen-bond donors (Lipinski definition) is 0. The van der Waals surface area contributed by atoms with Crippen molar-refractivity contribution in [3.63, 3.8) is 0 Å². The molecule has 0 bridgehead atoms. The summed E-state index contributed by atoms with van der Waals surface area (Å²) < 4.78 is 35.7. The van der Waals surface area contributed by atoms with Gasteiger partial charge in [0.1, 0.15) is 0 Å². The van der Waals surface area contributed by atoms with Crippen molar-refractivity contribution < 1.29 is 18.3 Å². The Labute approximate surface area is 147 Å². The third kappa shape index (κ3) is 2.89. The van der Waals surface area contributed by atoms with E-state index in [9.17, 15) is 8.78 Å². The molecule has 0 spiro atoms. The van der Waals surface area contributed by atoms with Gasteiger partial charge in [-0.25, -0.2) is 4.98 Å². The maximum Gasteiger partial charge on any atom is 0.587 e. The molecule has 1 aliphatic heterocycles. The largest absolute Gasteiger partial charge is 0.587 e. The summed E-state index contributed by atoms with van der Waals surface area (Å²) in [5.41, 5.74) is 3.61. The van der Waals surface area contributed by atoms with E-state index in [1.807, 2.05) is 25.1 Å². The molecule has 0 amide bonds. The number of fused-ring (bicyclic) bond motifs is 1. The third-order valence-electron chi connectivity index (χ3n) is 3.79. The summed E-state index contributed by atoms with van der Waals surface area (Å²) in [6.45, 7) is 1.95. The zero-order chi connectivity index (χ0) is 17.6. The Kier molecular flexibility index (Phi) is 3.58. The van der Waals surface area contributed by atoms with E-state index in [-0.39, 0.29) is 11.6 Å². The quantitative estimate of drug-likeness (QED) is 0.638. The van der Waals surface area contributed by atoms with Gasteiger partial charge >= 0.3 is 6.29 Å². The van der Waals surface area contributed by atoms with Gasteiger partial charge in [0.15, 0.2) is 0 Å². The number of rotatable bonds is 2. The molecule has 25 heavy (non-hydrogen) atoms. The zero-order valence-electron chi connectivity index (χ0n) is 13.0. The SMILES string of the molecule is Cc1ccc(-c2cncc(-c3ccnc4c3OC(F)(F)O4)c2)c(Cl)c1. The second kappa shape index (κ2) is 5.67. The van der Waals surface area contributed by atoms with Gasteiger partial charge in [-0.1, -0.05) is 23.7 Å². The van der Waals surface area contributed by atoms with Crippen LogP contribution in [0, 0.1) is 6.92 Å². The highest BCUT2D eigenvalue weighted by atomic mass is 35.5. The number of pyridine rings is 2. The van der Waals surface area contributed by atoms with Crippen molar-refractivity contribution in [1.82, 2.24) is 9.97 Å². The van der Waals surface area contributed by atoms with Crippen LogP contribution in [0.1, 0.15) is 5.56 Å². The molecule has 126 valence electrons. The Balaban J connectivity index is 1.81. The Bertz CT molecular complexity index is 979. The third-order valence-corrected chi connectivity index (χ3v) is 4.11. The molecule has 0 fully saturated rings. The summed E-state index contributed by atoms with van der Waals surface area (Å²) >= 11 is 6.31. The summed E-state index contributed by atoms with van der Waals surface area (Å²) in [6.07, 6.45) is 0.871. The fraction of sp³-hybridized carbons (Fsp3) is 0.111. The Morgan fingerprint density at radius 2 is 1.76 bits per heavy atom. The molecule has 4 rings (SSSR count). The topological polar surface area (TPSA) is 44.2 Å². The highest BCUT2D eigenvalue weighted by Crippen LogP contribution is 2.45. The van der Waals surface area contributed by atoms with Crippen LogP contribution < -0.4 is 9.47 Å². The predicted octanol–water partition coefficient (Wildman–Crippen LogP) is 5.09. The maximum atomic E-state index is 13.4. The number of benzene rings is 1. The van der Waals surface area contributed by atoms with Crippen LogP contribution in [-0.2, 0) is 0 Å². The molecule has 4 nitrogen and oxygen atoms in total. The van der Waals surface area contributed by atoms with E-state index >= 15 is 0 Å². The first-order valence-corrected chi connectivity index (χ1v) is 7.77. The Morgan fingerprint density at radius 1 is 1.00 bits per heavy atom. The lowest BCUT2D eigenvalue weighted by atomic mass is 10.0. The number of aromatic nitrogens is 2. The van der Waals surface area contributed by atoms with Gasteiger partial charge in [0.05, 0.1) is 0 Å². The van der Waals surface area contributed by atoms with E-state index in [1.54, 1.807) is 24.5 Å². The van der Waals surface area contributed by atoms with Crippen LogP contribution in [0.25, 0.3) is 22.3 Å². The van der Waals surface area contributed by atoms with Crippen LogP contribution in [0.2, 0.25) is 5.02 Å². The molecular weight excluding hydrogens is 350 g/mol. The molecule has 3 heterocycles. The second-order valence-corrected chi connectivity index (χ2v) is 6.01. The monoisotopic (exact) mass is 360 g/mol. The molecule has 0 unspecified atom stereocenters. The van der Waals surface area contributed by atoms with Gasteiger partial charge in [0.2, 0.25) is 5.75 Å². The normalized spacial score (nSPS) is 14.6. The summed E-state index contributed by atoms with van der Waals surface area (Å²) in [6, 6.07) is 9.06. The summed E-state index contributed by atoms with van der Waals surface area (Å²) in [4.78, 5) is 7.98. The summed E-state index contributed by atoms with van der Waals surface area (Å²) in [7, 11) is 0. The van der Waals surface area contributed by atoms with Gasteiger partial charge in [0, 0.05) is 45.9 Å². The Hall–Kier alpha value is -2.73. The van der Waals surface area contributed by atoms with E-state index in [2.05, 4.69) is 19.4 Å². The van der Waals surface area contributed by atoms with Crippen molar-refractivity contribution in [3.05, 3.63) is 59.5 Å². The molecule has 1 aromatic carbocycles. The van der Waals surface area contributed by atoms with Crippen molar-refractivity contribution in [2.24, 2.45) is 0 Å². The molecular formula is C18H11ClF2N2O2. The summed E-state index contributed by atoms with van der Waals surface area (Å²) in [5, 5.41) is 0.588. The fourth-order valence-corrected chi connectivity index (χ4v) is 3.01. The minimum Gasteiger partial charge on any atom is -0.393 e. The molecule has 0 N–H and O–H groups in total. The number of alkyl halides is 2. The molecule has 0 saturated heterocycles. The second-order valence-electron chi connectivity index (χ2n) is 5.61. The molecule has 0 aliphatic carbocycles. The van der Waals surface area contributed by atoms with Crippen molar-refractivity contribution in [2.45, 2.75) is 13.2 Å². The molecule has 0 radical (unpaired) electrons. The average Bonchev–Trinajstić information content (AvgIpc) is 2.88. The van der Waals surface area contributed by atoms with E-state index in [0.29, 0.717) is 16.1 Å². The van der Waals surface area contributed by atoms with Crippen LogP contribution in [0.5, 0.6) is 11.6 Å². The average molecular weight is 361 g/mol. The fourth-order valence-electron chi connectivity index (χ4n) is 2.67. The van der Waals surface area contributed by atoms with Crippen LogP contribution in [-0.4, -0.2) is 16.3 Å². The number of halogens is 3. The van der Waals surface area contributed by atoms with E-state index < -0.39 is 6.29 Å². The smallest absolute Gasteiger partial charge is 0.393 e. The van der Waals surface area contributed by atoms with Crippen LogP contribution in [0.15, 0.2) is 48.9 Å². The van der Waals surface area contributed by atoms with Gasteiger partial charge in [-0.15, -0.1) is 8.78 Å². The molecule has 1 aliphatic rings. The highest BCUT2D eigenvalue weighted by Gasteiger charge is 2.45. The van der Waals surface area contributed by atoms with Crippen LogP contribution in [0.3, 0.4) is 0 Å². The maximum absolute atomic E-state index is 13.4. The molecule has 0 atom stereocenters. The van der Waals surface area contributed by atoms with Crippen molar-refractivity contribution >= 4 is 11.6 Å². The number of ether oxygens (including phenoxy) is 2. The van der Waals surface area contributed by atoms with E-state index in [0.717, 1.165) is 16.7 Å². The lowest BCUT2D eigenvalue weighted by molar-refractivity contribution is -0.287. The zero-order valence-corrected chi connectivity index (χ0v) is 13.7. The minimum absolute atomic E-state index is 0.110. The standard InChI is InChI=1S/C18H11ClF2N2O2/c1-10-2-3-13(15(19)6-10)11-7-12(9-22-8-11)14-4-5-23-17-16(14)24-18(20,21)25-17/h2-9H,1H3. The predicted molar refractivity (Wildman–Crippen MR) is 88.9 cm³/mol. The minimum atomic E-state index is -3.73. The molecule has 0 saturated carbocycles. The van der Waals surface area contributed by atoms with Gasteiger partial charge in [-0.05, 0) is 30.7 Å². The first kappa shape index (κ1) is 15.8. The highest BCUT2D eigenvalue weighted by molar-refractivity contribution is 6.33.